The summed E-state index contributed by atoms with van der Waals surface area (Å²) in [5.74, 6) is 1.03. The van der Waals surface area contributed by atoms with E-state index in [0.29, 0.717) is 71.6 Å². The summed E-state index contributed by atoms with van der Waals surface area (Å²) < 4.78 is 106. The number of nitrogens with one attached hydrogen (secondary N) is 2. The first-order valence-electron chi connectivity index (χ1n) is 31.5. The van der Waals surface area contributed by atoms with Crippen molar-refractivity contribution in [2.45, 2.75) is 94.0 Å². The highest BCUT2D eigenvalue weighted by molar-refractivity contribution is 7.89. The van der Waals surface area contributed by atoms with E-state index in [2.05, 4.69) is 41.7 Å². The zero-order valence-electron chi connectivity index (χ0n) is 53.2. The van der Waals surface area contributed by atoms with Crippen LogP contribution >= 0.6 is 0 Å². The van der Waals surface area contributed by atoms with Gasteiger partial charge in [-0.3, -0.25) is 19.5 Å². The molecule has 1 amide bonds. The van der Waals surface area contributed by atoms with Gasteiger partial charge < -0.3 is 53.8 Å². The monoisotopic (exact) mass is 1310 g/mol. The zero-order valence-corrected chi connectivity index (χ0v) is 54.1. The van der Waals surface area contributed by atoms with Gasteiger partial charge in [-0.2, -0.15) is 14.3 Å². The Hall–Kier alpha value is -8.84. The Kier molecular flexibility index (Phi) is 19.2. The van der Waals surface area contributed by atoms with Gasteiger partial charge in [0.25, 0.3) is 0 Å². The number of aromatic hydroxyl groups is 1. The number of likely N-dealkylation sites (N-methyl/N-ethyl adjacent to an activating group) is 1. The van der Waals surface area contributed by atoms with E-state index in [4.69, 9.17) is 44.6 Å². The van der Waals surface area contributed by atoms with Crippen molar-refractivity contribution >= 4 is 60.4 Å². The Morgan fingerprint density at radius 2 is 1.73 bits per heavy atom. The van der Waals surface area contributed by atoms with Crippen molar-refractivity contribution in [3.05, 3.63) is 118 Å². The van der Waals surface area contributed by atoms with Gasteiger partial charge >= 0.3 is 12.0 Å². The summed E-state index contributed by atoms with van der Waals surface area (Å²) >= 11 is 0. The maximum absolute atomic E-state index is 17.3. The van der Waals surface area contributed by atoms with Gasteiger partial charge in [0, 0.05) is 74.4 Å². The minimum Gasteiger partial charge on any atom is -0.508 e. The van der Waals surface area contributed by atoms with Crippen LogP contribution in [0, 0.1) is 30.9 Å². The van der Waals surface area contributed by atoms with Gasteiger partial charge in [-0.15, -0.1) is 11.5 Å². The molecule has 94 heavy (non-hydrogen) atoms. The fraction of sp³-hybridized carbons (Fsp3) is 0.426. The number of aryl methyl sites for hydroxylation is 2. The molecule has 0 spiro atoms. The summed E-state index contributed by atoms with van der Waals surface area (Å²) in [5, 5.41) is 26.8. The van der Waals surface area contributed by atoms with Crippen LogP contribution in [0.4, 0.5) is 14.6 Å². The minimum absolute atomic E-state index is 0.00248. The van der Waals surface area contributed by atoms with Gasteiger partial charge in [-0.1, -0.05) is 35.4 Å². The average Bonchev–Trinajstić information content (AvgIpc) is 0.895. The molecule has 4 aliphatic rings. The molecule has 0 radical (unpaired) electrons. The lowest BCUT2D eigenvalue weighted by atomic mass is 9.86. The predicted octanol–water partition coefficient (Wildman–Crippen LogP) is 7.48. The Morgan fingerprint density at radius 1 is 0.947 bits per heavy atom. The second-order valence-electron chi connectivity index (χ2n) is 24.3. The number of amides is 1. The van der Waals surface area contributed by atoms with Crippen molar-refractivity contribution in [3.63, 3.8) is 0 Å². The number of phenols is 1. The lowest BCUT2D eigenvalue weighted by Gasteiger charge is -2.35. The molecule has 12 rings (SSSR count). The maximum Gasteiger partial charge on any atom is 0.319 e. The Balaban J connectivity index is 0.641. The Bertz CT molecular complexity index is 4350. The number of benzene rings is 5. The number of terminal acetylenes is 1. The molecule has 8 aromatic rings. The molecule has 4 aliphatic heterocycles. The zero-order chi connectivity index (χ0) is 66.0. The quantitative estimate of drug-likeness (QED) is 0.0301. The lowest BCUT2D eigenvalue weighted by Crippen LogP contribution is -2.58. The SMILES string of the molecule is C#Cc1c(F)ccc2cc(O)cc(-c3ncc4c(N5C[C@H]6CC[C@@H](C5)N6)nc(OC[C@@]5(C(=O)NCCOCCOCCOc6ccc7c(c6)O[C@H](C)CN(Cc6cc(C(CC(=O)OCC)c8cc(OC)c9c(c8)nnn9C)ccc6C)S7(=O)=O)CCCN5C)nc4c3F)c12. The topological polar surface area (TPSA) is 256 Å². The number of hydrogen-bond donors (Lipinski definition) is 3. The van der Waals surface area contributed by atoms with Crippen LogP contribution in [0.15, 0.2) is 83.9 Å². The fourth-order valence-electron chi connectivity index (χ4n) is 13.3. The number of phenolic OH excluding ortho intramolecular Hbond substituents is 1. The number of aromatic nitrogens is 6. The predicted molar refractivity (Wildman–Crippen MR) is 346 cm³/mol. The van der Waals surface area contributed by atoms with E-state index >= 15 is 8.78 Å². The molecule has 3 saturated heterocycles. The van der Waals surface area contributed by atoms with Crippen LogP contribution in [0.2, 0.25) is 0 Å². The third kappa shape index (κ3) is 13.2. The number of piperazine rings is 1. The third-order valence-electron chi connectivity index (χ3n) is 18.1. The maximum atomic E-state index is 17.3. The number of carbonyl (C=O) groups excluding carboxylic acids is 2. The number of ether oxygens (including phenoxy) is 7. The van der Waals surface area contributed by atoms with Crippen molar-refractivity contribution in [1.82, 2.24) is 49.8 Å². The van der Waals surface area contributed by atoms with E-state index in [-0.39, 0.29) is 146 Å². The summed E-state index contributed by atoms with van der Waals surface area (Å²) in [6.07, 6.45) is 9.88. The van der Waals surface area contributed by atoms with Gasteiger partial charge in [0.05, 0.1) is 64.1 Å². The van der Waals surface area contributed by atoms with Crippen molar-refractivity contribution in [2.24, 2.45) is 7.05 Å². The third-order valence-corrected chi connectivity index (χ3v) is 20.0. The van der Waals surface area contributed by atoms with Crippen molar-refractivity contribution in [2.75, 3.05) is 98.0 Å². The summed E-state index contributed by atoms with van der Waals surface area (Å²) in [6.45, 7) is 8.65. The van der Waals surface area contributed by atoms with E-state index in [0.717, 1.165) is 35.1 Å². The first-order valence-corrected chi connectivity index (χ1v) is 32.9. The highest BCUT2D eigenvalue weighted by Crippen LogP contribution is 2.42. The molecule has 0 aliphatic carbocycles. The molecule has 3 aromatic heterocycles. The number of sulfonamides is 1. The number of halogens is 2. The fourth-order valence-corrected chi connectivity index (χ4v) is 14.9. The van der Waals surface area contributed by atoms with Gasteiger partial charge in [0.1, 0.15) is 86.6 Å². The number of rotatable bonds is 24. The van der Waals surface area contributed by atoms with E-state index in [1.54, 1.807) is 37.9 Å². The first kappa shape index (κ1) is 65.2. The van der Waals surface area contributed by atoms with Crippen LogP contribution in [-0.2, 0) is 47.4 Å². The number of nitrogens with zero attached hydrogens (tertiary/aromatic N) is 9. The second kappa shape index (κ2) is 27.6. The molecule has 5 aromatic carbocycles. The minimum atomic E-state index is -4.09. The van der Waals surface area contributed by atoms with Gasteiger partial charge in [-0.05, 0) is 130 Å². The summed E-state index contributed by atoms with van der Waals surface area (Å²) in [5.41, 5.74) is 3.02. The number of hydrogen-bond acceptors (Lipinski definition) is 20. The van der Waals surface area contributed by atoms with Crippen molar-refractivity contribution in [3.8, 4) is 52.6 Å². The highest BCUT2D eigenvalue weighted by Gasteiger charge is 2.47. The van der Waals surface area contributed by atoms with Crippen LogP contribution in [-0.4, -0.2) is 181 Å². The van der Waals surface area contributed by atoms with Gasteiger partial charge in [-0.25, -0.2) is 21.9 Å². The molecule has 5 atom stereocenters. The molecular formula is C68H75F2N11O12S. The van der Waals surface area contributed by atoms with Crippen molar-refractivity contribution < 1.29 is 65.1 Å². The number of likely N-dealkylation sites (tertiary alicyclic amines) is 1. The number of fused-ring (bicyclic) bond motifs is 6. The van der Waals surface area contributed by atoms with Crippen LogP contribution in [0.1, 0.15) is 79.7 Å². The largest absolute Gasteiger partial charge is 0.508 e. The number of anilines is 1. The molecule has 0 saturated carbocycles. The van der Waals surface area contributed by atoms with E-state index < -0.39 is 39.2 Å². The highest BCUT2D eigenvalue weighted by atomic mass is 32.2. The van der Waals surface area contributed by atoms with E-state index in [1.807, 2.05) is 56.1 Å². The number of carbonyl (C=O) groups is 2. The van der Waals surface area contributed by atoms with Crippen LogP contribution in [0.25, 0.3) is 44.0 Å². The van der Waals surface area contributed by atoms with Crippen LogP contribution < -0.4 is 34.5 Å². The molecular weight excluding hydrogens is 1230 g/mol. The number of methoxy groups -OCH3 is 1. The molecule has 3 fully saturated rings. The number of pyridine rings is 1. The normalized spacial score (nSPS) is 19.8. The lowest BCUT2D eigenvalue weighted by molar-refractivity contribution is -0.143. The van der Waals surface area contributed by atoms with E-state index in [1.165, 1.54) is 40.8 Å². The van der Waals surface area contributed by atoms with Crippen molar-refractivity contribution in [1.29, 1.82) is 0 Å². The summed E-state index contributed by atoms with van der Waals surface area (Å²) in [6, 6.07) is 19.8. The Labute approximate surface area is 543 Å². The number of esters is 1. The molecule has 7 heterocycles. The molecule has 2 bridgehead atoms. The molecule has 3 N–H and O–H groups in total. The smallest absolute Gasteiger partial charge is 0.319 e. The molecule has 23 nitrogen and oxygen atoms in total. The van der Waals surface area contributed by atoms with Gasteiger partial charge in [0.15, 0.2) is 5.82 Å². The molecule has 1 unspecified atom stereocenters. The Morgan fingerprint density at radius 3 is 2.49 bits per heavy atom. The van der Waals surface area contributed by atoms with E-state index in [9.17, 15) is 23.1 Å². The standard InChI is InChI=1S/C68H75F2N11O12S/c1-8-50-54(69)17-13-43-28-48(82)31-52(60(43)50)62-61(70)63-53(34-72-62)65(80-37-46-14-15-47(38-80)73-46)75-67(74-63)92-39-68(19-10-21-78(68)5)66(84)71-20-22-88-23-24-89-25-26-91-49-16-18-58-56(32-49)93-41(4)35-81(94(58,85)86)36-45-27-42(12-11-40(45)3)51(33-59(83)90-9-2)44-29-55-64(57(30-44)87-7)79(6)77-76-55/h1,11-13,16-18,27-32,34,41,46-47,51,73,82H,9-10,14-15,19-26,33,35-39H2,2-7H3,(H,71,84)/t41-,46-,47+,51?,68-/m1/s1. The molecule has 26 heteroatoms. The second-order valence-corrected chi connectivity index (χ2v) is 26.2. The average molecular weight is 1310 g/mol. The molecule has 494 valence electrons. The van der Waals surface area contributed by atoms with Gasteiger partial charge in [0.2, 0.25) is 15.9 Å². The first-order chi connectivity index (χ1) is 45.4. The van der Waals surface area contributed by atoms with Crippen LogP contribution in [0.5, 0.6) is 29.0 Å². The van der Waals surface area contributed by atoms with Crippen LogP contribution in [0.3, 0.4) is 0 Å². The summed E-state index contributed by atoms with van der Waals surface area (Å²) in [4.78, 5) is 45.4. The summed E-state index contributed by atoms with van der Waals surface area (Å²) in [7, 11) is 1.10.